The van der Waals surface area contributed by atoms with Crippen molar-refractivity contribution in [2.75, 3.05) is 26.4 Å². The Morgan fingerprint density at radius 3 is 1.00 bits per heavy atom. The molecule has 8 aromatic carbocycles. The van der Waals surface area contributed by atoms with Crippen molar-refractivity contribution in [2.45, 2.75) is 47.0 Å². The van der Waals surface area contributed by atoms with Crippen LogP contribution in [0.25, 0.3) is 64.6 Å². The van der Waals surface area contributed by atoms with E-state index >= 15 is 0 Å². The Labute approximate surface area is 506 Å². The summed E-state index contributed by atoms with van der Waals surface area (Å²) in [5.74, 6) is -1.53. The van der Waals surface area contributed by atoms with Gasteiger partial charge in [0.1, 0.15) is 6.42 Å². The monoisotopic (exact) mass is 1160 g/mol. The summed E-state index contributed by atoms with van der Waals surface area (Å²) < 4.78 is 33.0. The van der Waals surface area contributed by atoms with Crippen molar-refractivity contribution >= 4 is 192 Å². The van der Waals surface area contributed by atoms with Crippen LogP contribution in [0.1, 0.15) is 45.2 Å². The van der Waals surface area contributed by atoms with Crippen LogP contribution in [0.15, 0.2) is 130 Å². The first-order valence-electron chi connectivity index (χ1n) is 21.9. The molecule has 12 nitrogen and oxygen atoms in total. The number of carbonyl (C=O) groups is 4. The topological polar surface area (TPSA) is 178 Å². The fraction of sp³-hybridized carbons (Fsp3) is 0.216. The number of hydrogen-bond acceptors (Lipinski definition) is 12. The number of halogens is 2. The Kier molecular flexibility index (Phi) is 29.9. The second kappa shape index (κ2) is 33.1. The molecule has 0 aliphatic carbocycles. The minimum absolute atomic E-state index is 0. The summed E-state index contributed by atoms with van der Waals surface area (Å²) in [6, 6.07) is 41.8. The number of rotatable bonds is 11. The second-order valence-electron chi connectivity index (χ2n) is 14.2. The molecule has 1 atom stereocenters. The summed E-state index contributed by atoms with van der Waals surface area (Å²) in [6.07, 6.45) is 0.161. The SMILES string of the molecule is Brc1cc2c3ccccc3c(Br)cc2c2ccccc12.CCOC(=O)CC(=O)OCC.CCOC(=O)Cc1cc2c3ccccc3c(CC(=O)OCC)cc2c2ccccc12.O=[P+]([O-])O[O-].[K+].[K][K]. The molecule has 8 rings (SSSR count). The van der Waals surface area contributed by atoms with Gasteiger partial charge in [-0.15, -0.1) is 0 Å². The third kappa shape index (κ3) is 18.1. The van der Waals surface area contributed by atoms with Crippen molar-refractivity contribution in [2.24, 2.45) is 0 Å². The van der Waals surface area contributed by atoms with Crippen molar-refractivity contribution in [1.82, 2.24) is 0 Å². The van der Waals surface area contributed by atoms with Gasteiger partial charge in [-0.05, 0) is 132 Å². The molecule has 69 heavy (non-hydrogen) atoms. The first kappa shape index (κ1) is 62.3. The van der Waals surface area contributed by atoms with Gasteiger partial charge in [0.2, 0.25) is 0 Å². The van der Waals surface area contributed by atoms with Gasteiger partial charge < -0.3 is 29.1 Å². The number of hydrogen-bond donors (Lipinski definition) is 0. The molecular formula is C51H46Br2K3O12P. The van der Waals surface area contributed by atoms with Gasteiger partial charge in [0.15, 0.2) is 0 Å². The molecule has 0 aliphatic rings. The minimum atomic E-state index is -3.15. The molecule has 0 saturated heterocycles. The van der Waals surface area contributed by atoms with E-state index in [-0.39, 0.29) is 95.8 Å². The number of carbonyl (C=O) groups excluding carboxylic acids is 4. The van der Waals surface area contributed by atoms with Gasteiger partial charge in [-0.3, -0.25) is 19.2 Å². The Morgan fingerprint density at radius 1 is 0.464 bits per heavy atom. The van der Waals surface area contributed by atoms with E-state index < -0.39 is 20.2 Å². The van der Waals surface area contributed by atoms with Crippen molar-refractivity contribution in [1.29, 1.82) is 0 Å². The van der Waals surface area contributed by atoms with Gasteiger partial charge in [-0.1, -0.05) is 129 Å². The normalized spacial score (nSPS) is 10.5. The Morgan fingerprint density at radius 2 is 0.710 bits per heavy atom. The molecule has 1 unspecified atom stereocenters. The molecule has 0 aliphatic heterocycles. The van der Waals surface area contributed by atoms with Crippen molar-refractivity contribution < 1.29 is 109 Å². The van der Waals surface area contributed by atoms with Crippen LogP contribution in [-0.4, -0.2) is 113 Å². The van der Waals surface area contributed by atoms with Crippen LogP contribution in [0.4, 0.5) is 0 Å². The average Bonchev–Trinajstić information content (AvgIpc) is 3.34. The predicted octanol–water partition coefficient (Wildman–Crippen LogP) is 7.07. The van der Waals surface area contributed by atoms with Crippen molar-refractivity contribution in [3.05, 3.63) is 141 Å². The molecule has 0 N–H and O–H groups in total. The number of esters is 4. The van der Waals surface area contributed by atoms with Crippen molar-refractivity contribution in [3.8, 4) is 0 Å². The Hall–Kier alpha value is -0.951. The van der Waals surface area contributed by atoms with E-state index in [4.69, 9.17) is 24.2 Å². The molecule has 0 spiro atoms. The van der Waals surface area contributed by atoms with Crippen LogP contribution >= 0.6 is 40.1 Å². The molecule has 0 saturated carbocycles. The van der Waals surface area contributed by atoms with Gasteiger partial charge in [0.25, 0.3) is 0 Å². The van der Waals surface area contributed by atoms with E-state index in [1.807, 2.05) is 50.2 Å². The fourth-order valence-electron chi connectivity index (χ4n) is 7.53. The number of benzene rings is 8. The van der Waals surface area contributed by atoms with Gasteiger partial charge in [-0.25, -0.2) is 4.67 Å². The molecule has 0 bridgehead atoms. The second-order valence-corrected chi connectivity index (χ2v) is 16.5. The van der Waals surface area contributed by atoms with Gasteiger partial charge in [0, 0.05) is 8.95 Å². The van der Waals surface area contributed by atoms with E-state index in [2.05, 4.69) is 131 Å². The van der Waals surface area contributed by atoms with E-state index in [1.54, 1.807) is 13.8 Å². The summed E-state index contributed by atoms with van der Waals surface area (Å²) in [6.45, 7) is 8.31. The number of ether oxygens (including phenoxy) is 4. The summed E-state index contributed by atoms with van der Waals surface area (Å²) in [7, 11) is -3.15. The molecule has 0 amide bonds. The molecule has 0 heterocycles. The third-order valence-corrected chi connectivity index (χ3v) is 11.5. The molecule has 18 heteroatoms. The van der Waals surface area contributed by atoms with E-state index in [0.717, 1.165) is 52.4 Å². The van der Waals surface area contributed by atoms with Crippen molar-refractivity contribution in [3.63, 3.8) is 0 Å². The zero-order valence-electron chi connectivity index (χ0n) is 39.6. The molecule has 8 aromatic rings. The Balaban J connectivity index is 0.000000278. The summed E-state index contributed by atoms with van der Waals surface area (Å²) in [5.41, 5.74) is 1.89. The van der Waals surface area contributed by atoms with Gasteiger partial charge in [-0.2, -0.15) is 0 Å². The van der Waals surface area contributed by atoms with Crippen LogP contribution in [0, 0.1) is 0 Å². The molecular weight excluding hydrogens is 1110 g/mol. The molecule has 0 fully saturated rings. The maximum absolute atomic E-state index is 12.2. The molecule has 344 valence electrons. The number of fused-ring (bicyclic) bond motifs is 10. The van der Waals surface area contributed by atoms with Crippen LogP contribution in [0.5, 0.6) is 0 Å². The summed E-state index contributed by atoms with van der Waals surface area (Å²) in [5, 5.41) is 22.5. The van der Waals surface area contributed by atoms with Crippen LogP contribution in [0.2, 0.25) is 0 Å². The average molecular weight is 1160 g/mol. The zero-order chi connectivity index (χ0) is 49.8. The van der Waals surface area contributed by atoms with Crippen LogP contribution in [0.3, 0.4) is 0 Å². The summed E-state index contributed by atoms with van der Waals surface area (Å²) >= 11 is 9.92. The predicted molar refractivity (Wildman–Crippen MR) is 272 cm³/mol. The van der Waals surface area contributed by atoms with E-state index in [0.29, 0.717) is 13.2 Å². The molecule has 0 radical (unpaired) electrons. The maximum atomic E-state index is 12.2. The third-order valence-electron chi connectivity index (χ3n) is 10.1. The van der Waals surface area contributed by atoms with E-state index in [1.165, 1.54) is 95.5 Å². The quantitative estimate of drug-likeness (QED) is 0.0189. The van der Waals surface area contributed by atoms with Crippen LogP contribution in [-0.2, 0) is 60.2 Å². The first-order chi connectivity index (χ1) is 32.8. The van der Waals surface area contributed by atoms with E-state index in [9.17, 15) is 19.2 Å². The van der Waals surface area contributed by atoms with Gasteiger partial charge >= 0.3 is 147 Å². The van der Waals surface area contributed by atoms with Crippen LogP contribution < -0.4 is 61.5 Å². The molecule has 0 aromatic heterocycles. The standard InChI is InChI=1S/C26H24O4.C18H10Br2.C7H12O4.3K.HO4P/c1-3-29-25(27)15-17-13-23-22-12-8-6-10-20(22)18(16-26(28)30-4-2)14-24(23)21-11-7-5-9-19(17)21;19-17-10-16-12-6-2-4-8-14(12)18(20)9-15(16)11-5-1-3-7-13(11)17;1-3-10-6(8)5-7(9)11-4-2;;;;1-4-5(2)3/h5-14H,3-4,15-16H2,1-2H3;1-10H;3-5H2,1-2H3;;;;1H/q;;;;;+1;/p-1. The first-order valence-corrected chi connectivity index (χ1v) is 40.6. The zero-order valence-corrected chi connectivity index (χ0v) is 53.0. The van der Waals surface area contributed by atoms with Gasteiger partial charge in [0.05, 0.1) is 39.3 Å². The Bertz CT molecular complexity index is 2870. The fourth-order valence-corrected chi connectivity index (χ4v) is 8.68. The summed E-state index contributed by atoms with van der Waals surface area (Å²) in [4.78, 5) is 54.5.